The normalized spacial score (nSPS) is 14.7. The number of anilines is 3. The summed E-state index contributed by atoms with van der Waals surface area (Å²) in [5, 5.41) is -0.358. The van der Waals surface area contributed by atoms with Gasteiger partial charge in [0.05, 0.1) is 18.4 Å². The van der Waals surface area contributed by atoms with E-state index >= 15 is 0 Å². The van der Waals surface area contributed by atoms with Crippen LogP contribution in [0.15, 0.2) is 23.6 Å². The highest BCUT2D eigenvalue weighted by Gasteiger charge is 2.35. The summed E-state index contributed by atoms with van der Waals surface area (Å²) in [4.78, 5) is 27.3. The predicted octanol–water partition coefficient (Wildman–Crippen LogP) is 1.35. The van der Waals surface area contributed by atoms with E-state index in [0.717, 1.165) is 12.3 Å². The molecule has 1 aliphatic heterocycles. The van der Waals surface area contributed by atoms with E-state index in [2.05, 4.69) is 15.0 Å². The van der Waals surface area contributed by atoms with Crippen molar-refractivity contribution in [2.45, 2.75) is 31.6 Å². The molecule has 26 heavy (non-hydrogen) atoms. The van der Waals surface area contributed by atoms with Crippen molar-refractivity contribution in [3.63, 3.8) is 0 Å². The number of fused-ring (bicyclic) bond motifs is 1. The number of sulfone groups is 1. The third-order valence-electron chi connectivity index (χ3n) is 3.83. The zero-order chi connectivity index (χ0) is 19.2. The first-order valence-corrected chi connectivity index (χ1v) is 9.56. The van der Waals surface area contributed by atoms with Gasteiger partial charge in [0.15, 0.2) is 11.6 Å². The Morgan fingerprint density at radius 2 is 1.96 bits per heavy atom. The number of carbonyl (C=O) groups is 1. The van der Waals surface area contributed by atoms with Crippen LogP contribution in [0.5, 0.6) is 0 Å². The van der Waals surface area contributed by atoms with E-state index in [1.54, 1.807) is 13.8 Å². The zero-order valence-corrected chi connectivity index (χ0v) is 15.2. The number of carbonyl (C=O) groups excluding carboxylic acids is 1. The van der Waals surface area contributed by atoms with E-state index in [1.165, 1.54) is 22.2 Å². The Kier molecular flexibility index (Phi) is 4.26. The minimum atomic E-state index is -3.63. The molecule has 0 fully saturated rings. The van der Waals surface area contributed by atoms with Gasteiger partial charge in [-0.15, -0.1) is 0 Å². The van der Waals surface area contributed by atoms with Gasteiger partial charge in [-0.1, -0.05) is 0 Å². The van der Waals surface area contributed by atoms with Crippen LogP contribution in [-0.4, -0.2) is 41.7 Å². The molecule has 2 amide bonds. The topological polar surface area (TPSA) is 122 Å². The van der Waals surface area contributed by atoms with Gasteiger partial charge in [-0.05, 0) is 13.8 Å². The molecule has 3 rings (SSSR count). The lowest BCUT2D eigenvalue weighted by atomic mass is 10.1. The van der Waals surface area contributed by atoms with Gasteiger partial charge in [-0.2, -0.15) is 0 Å². The SMILES string of the molecule is CC(C)N1C(=O)N(c2cnc(N)c(F)c2)Cc2cnc(S(C)(=O)=O)nc21. The third kappa shape index (κ3) is 3.05. The standard InChI is InChI=1S/C15H17FN6O3S/c1-8(2)22-13-9(5-19-14(20-13)26(3,24)25)7-21(15(22)23)10-4-11(16)12(17)18-6-10/h4-6,8H,7H2,1-3H3,(H2,17,18). The van der Waals surface area contributed by atoms with Gasteiger partial charge in [0, 0.05) is 30.1 Å². The molecule has 3 heterocycles. The predicted molar refractivity (Wildman–Crippen MR) is 92.9 cm³/mol. The molecule has 9 nitrogen and oxygen atoms in total. The molecule has 2 aromatic heterocycles. The molecule has 0 saturated carbocycles. The molecule has 0 bridgehead atoms. The lowest BCUT2D eigenvalue weighted by molar-refractivity contribution is 0.248. The second-order valence-corrected chi connectivity index (χ2v) is 8.08. The van der Waals surface area contributed by atoms with Gasteiger partial charge in [-0.25, -0.2) is 32.6 Å². The number of nitrogens with zero attached hydrogens (tertiary/aromatic N) is 5. The van der Waals surface area contributed by atoms with Gasteiger partial charge in [0.2, 0.25) is 15.0 Å². The van der Waals surface area contributed by atoms with Gasteiger partial charge < -0.3 is 5.73 Å². The fourth-order valence-corrected chi connectivity index (χ4v) is 3.09. The number of nitrogens with two attached hydrogens (primary N) is 1. The third-order valence-corrected chi connectivity index (χ3v) is 4.69. The first-order valence-electron chi connectivity index (χ1n) is 7.67. The van der Waals surface area contributed by atoms with Crippen LogP contribution < -0.4 is 15.5 Å². The van der Waals surface area contributed by atoms with Crippen molar-refractivity contribution in [1.29, 1.82) is 0 Å². The van der Waals surface area contributed by atoms with Crippen LogP contribution in [0, 0.1) is 5.82 Å². The first kappa shape index (κ1) is 18.0. The van der Waals surface area contributed by atoms with Crippen molar-refractivity contribution in [3.8, 4) is 0 Å². The summed E-state index contributed by atoms with van der Waals surface area (Å²) in [6.45, 7) is 3.57. The van der Waals surface area contributed by atoms with E-state index in [1.807, 2.05) is 0 Å². The summed E-state index contributed by atoms with van der Waals surface area (Å²) in [5.74, 6) is -0.776. The van der Waals surface area contributed by atoms with Crippen molar-refractivity contribution in [2.75, 3.05) is 21.8 Å². The van der Waals surface area contributed by atoms with Crippen molar-refractivity contribution in [1.82, 2.24) is 15.0 Å². The summed E-state index contributed by atoms with van der Waals surface area (Å²) in [6.07, 6.45) is 3.65. The Balaban J connectivity index is 2.12. The molecule has 0 radical (unpaired) electrons. The molecule has 0 aromatic carbocycles. The van der Waals surface area contributed by atoms with Crippen LogP contribution in [0.25, 0.3) is 0 Å². The highest BCUT2D eigenvalue weighted by atomic mass is 32.2. The minimum Gasteiger partial charge on any atom is -0.381 e. The summed E-state index contributed by atoms with van der Waals surface area (Å²) in [7, 11) is -3.63. The van der Waals surface area contributed by atoms with Crippen LogP contribution in [0.4, 0.5) is 26.5 Å². The quantitative estimate of drug-likeness (QED) is 0.797. The minimum absolute atomic E-state index is 0.0481. The molecular weight excluding hydrogens is 363 g/mol. The maximum Gasteiger partial charge on any atom is 0.330 e. The molecule has 1 aliphatic rings. The summed E-state index contributed by atoms with van der Waals surface area (Å²) in [6, 6.07) is 0.324. The second-order valence-electron chi connectivity index (χ2n) is 6.17. The van der Waals surface area contributed by atoms with Crippen molar-refractivity contribution in [3.05, 3.63) is 29.8 Å². The average Bonchev–Trinajstić information content (AvgIpc) is 2.55. The molecule has 0 spiro atoms. The molecule has 2 N–H and O–H groups in total. The van der Waals surface area contributed by atoms with Gasteiger partial charge in [0.1, 0.15) is 5.82 Å². The van der Waals surface area contributed by atoms with Crippen LogP contribution in [0.3, 0.4) is 0 Å². The summed E-state index contributed by atoms with van der Waals surface area (Å²) >= 11 is 0. The highest BCUT2D eigenvalue weighted by Crippen LogP contribution is 2.32. The number of rotatable bonds is 3. The van der Waals surface area contributed by atoms with E-state index in [-0.39, 0.29) is 35.1 Å². The second kappa shape index (κ2) is 6.16. The zero-order valence-electron chi connectivity index (χ0n) is 14.3. The Bertz CT molecular complexity index is 995. The van der Waals surface area contributed by atoms with E-state index in [9.17, 15) is 17.6 Å². The van der Waals surface area contributed by atoms with Crippen LogP contribution in [0.1, 0.15) is 19.4 Å². The number of pyridine rings is 1. The van der Waals surface area contributed by atoms with Gasteiger partial charge >= 0.3 is 6.03 Å². The Morgan fingerprint density at radius 1 is 1.27 bits per heavy atom. The number of hydrogen-bond donors (Lipinski definition) is 1. The number of aromatic nitrogens is 3. The molecule has 0 unspecified atom stereocenters. The Hall–Kier alpha value is -2.82. The number of halogens is 1. The number of hydrogen-bond acceptors (Lipinski definition) is 7. The molecular formula is C15H17FN6O3S. The fraction of sp³-hybridized carbons (Fsp3) is 0.333. The van der Waals surface area contributed by atoms with Crippen LogP contribution in [0.2, 0.25) is 0 Å². The monoisotopic (exact) mass is 380 g/mol. The Labute approximate surface area is 149 Å². The molecule has 2 aromatic rings. The van der Waals surface area contributed by atoms with E-state index < -0.39 is 21.7 Å². The molecule has 138 valence electrons. The van der Waals surface area contributed by atoms with Crippen LogP contribution >= 0.6 is 0 Å². The van der Waals surface area contributed by atoms with Gasteiger partial charge in [0.25, 0.3) is 0 Å². The van der Waals surface area contributed by atoms with Crippen LogP contribution in [-0.2, 0) is 16.4 Å². The number of nitrogen functional groups attached to an aromatic ring is 1. The molecule has 0 atom stereocenters. The largest absolute Gasteiger partial charge is 0.381 e. The fourth-order valence-electron chi connectivity index (χ4n) is 2.59. The molecule has 0 saturated heterocycles. The van der Waals surface area contributed by atoms with Crippen molar-refractivity contribution < 1.29 is 17.6 Å². The smallest absolute Gasteiger partial charge is 0.330 e. The first-order chi connectivity index (χ1) is 12.1. The maximum absolute atomic E-state index is 13.8. The Morgan fingerprint density at radius 3 is 2.54 bits per heavy atom. The van der Waals surface area contributed by atoms with E-state index in [4.69, 9.17) is 5.73 Å². The highest BCUT2D eigenvalue weighted by molar-refractivity contribution is 7.90. The van der Waals surface area contributed by atoms with Crippen molar-refractivity contribution in [2.24, 2.45) is 0 Å². The maximum atomic E-state index is 13.8. The average molecular weight is 380 g/mol. The summed E-state index contributed by atoms with van der Waals surface area (Å²) < 4.78 is 37.2. The van der Waals surface area contributed by atoms with Gasteiger partial charge in [-0.3, -0.25) is 9.80 Å². The van der Waals surface area contributed by atoms with Crippen molar-refractivity contribution >= 4 is 33.2 Å². The molecule has 11 heteroatoms. The lowest BCUT2D eigenvalue weighted by Crippen LogP contribution is -2.51. The lowest BCUT2D eigenvalue weighted by Gasteiger charge is -2.38. The number of urea groups is 1. The van der Waals surface area contributed by atoms with E-state index in [0.29, 0.717) is 5.56 Å². The summed E-state index contributed by atoms with van der Waals surface area (Å²) in [5.41, 5.74) is 6.14. The number of amides is 2. The molecule has 0 aliphatic carbocycles.